The van der Waals surface area contributed by atoms with Gasteiger partial charge in [-0.15, -0.1) is 0 Å². The molecule has 2 bridgehead atoms. The van der Waals surface area contributed by atoms with Gasteiger partial charge in [-0.3, -0.25) is 14.3 Å². The first kappa shape index (κ1) is 17.1. The van der Waals surface area contributed by atoms with Crippen LogP contribution < -0.4 is 4.72 Å². The summed E-state index contributed by atoms with van der Waals surface area (Å²) in [6.07, 6.45) is 3.46. The summed E-state index contributed by atoms with van der Waals surface area (Å²) in [7, 11) is -3.84. The lowest BCUT2D eigenvalue weighted by atomic mass is 9.67. The Labute approximate surface area is 140 Å². The lowest BCUT2D eigenvalue weighted by molar-refractivity contribution is -0.137. The first-order valence-electron chi connectivity index (χ1n) is 8.16. The molecule has 1 aromatic carbocycles. The molecule has 0 aromatic heterocycles. The topological polar surface area (TPSA) is 80.3 Å². The Balaban J connectivity index is 1.63. The minimum Gasteiger partial charge on any atom is -0.299 e. The van der Waals surface area contributed by atoms with E-state index in [1.165, 1.54) is 24.3 Å². The van der Waals surface area contributed by atoms with Crippen LogP contribution in [-0.2, 0) is 25.4 Å². The number of carbonyl (C=O) groups excluding carboxylic acids is 2. The second-order valence-electron chi connectivity index (χ2n) is 6.75. The fourth-order valence-electron chi connectivity index (χ4n) is 3.77. The molecule has 5 nitrogen and oxygen atoms in total. The Hall–Kier alpha value is -1.76. The highest BCUT2D eigenvalue weighted by Crippen LogP contribution is 2.40. The van der Waals surface area contributed by atoms with Crippen LogP contribution in [0, 0.1) is 23.6 Å². The normalized spacial score (nSPS) is 26.9. The van der Waals surface area contributed by atoms with Crippen molar-refractivity contribution in [1.29, 1.82) is 0 Å². The molecule has 2 atom stereocenters. The number of halogens is 1. The quantitative estimate of drug-likeness (QED) is 0.899. The van der Waals surface area contributed by atoms with Gasteiger partial charge in [-0.1, -0.05) is 18.6 Å². The average molecular weight is 353 g/mol. The van der Waals surface area contributed by atoms with Gasteiger partial charge < -0.3 is 0 Å². The molecule has 0 spiro atoms. The molecule has 0 radical (unpaired) electrons. The number of rotatable bonds is 4. The second-order valence-corrected chi connectivity index (χ2v) is 8.47. The monoisotopic (exact) mass is 353 g/mol. The summed E-state index contributed by atoms with van der Waals surface area (Å²) in [5.74, 6) is -1.75. The van der Waals surface area contributed by atoms with Crippen molar-refractivity contribution in [3.05, 3.63) is 35.6 Å². The van der Waals surface area contributed by atoms with Crippen LogP contribution >= 0.6 is 0 Å². The van der Waals surface area contributed by atoms with Gasteiger partial charge in [0.25, 0.3) is 0 Å². The Morgan fingerprint density at radius 1 is 1.12 bits per heavy atom. The molecule has 7 heteroatoms. The first-order chi connectivity index (χ1) is 11.3. The predicted molar refractivity (Wildman–Crippen MR) is 85.7 cm³/mol. The van der Waals surface area contributed by atoms with E-state index < -0.39 is 27.7 Å². The summed E-state index contributed by atoms with van der Waals surface area (Å²) in [5, 5.41) is 0. The standard InChI is InChI=1S/C17H20FNO4S/c18-15-6-4-11(5-7-15)10-24(22,23)19-17(21)14-8-12-2-1-3-13(9-14)16(12)20/h4-7,12-14H,1-3,8-10H2,(H,19,21). The van der Waals surface area contributed by atoms with Gasteiger partial charge in [0.1, 0.15) is 11.6 Å². The lowest BCUT2D eigenvalue weighted by Crippen LogP contribution is -2.44. The Morgan fingerprint density at radius 3 is 2.29 bits per heavy atom. The predicted octanol–water partition coefficient (Wildman–Crippen LogP) is 2.17. The largest absolute Gasteiger partial charge is 0.299 e. The van der Waals surface area contributed by atoms with Crippen molar-refractivity contribution in [1.82, 2.24) is 4.72 Å². The van der Waals surface area contributed by atoms with E-state index >= 15 is 0 Å². The van der Waals surface area contributed by atoms with E-state index in [9.17, 15) is 22.4 Å². The van der Waals surface area contributed by atoms with E-state index in [4.69, 9.17) is 0 Å². The zero-order valence-electron chi connectivity index (χ0n) is 13.2. The van der Waals surface area contributed by atoms with Gasteiger partial charge in [0.2, 0.25) is 15.9 Å². The maximum atomic E-state index is 12.9. The molecule has 1 aromatic rings. The van der Waals surface area contributed by atoms with E-state index in [2.05, 4.69) is 4.72 Å². The van der Waals surface area contributed by atoms with Crippen molar-refractivity contribution < 1.29 is 22.4 Å². The molecule has 1 amide bonds. The van der Waals surface area contributed by atoms with Crippen molar-refractivity contribution >= 4 is 21.7 Å². The van der Waals surface area contributed by atoms with E-state index in [1.807, 2.05) is 0 Å². The van der Waals surface area contributed by atoms with E-state index in [0.717, 1.165) is 19.3 Å². The summed E-state index contributed by atoms with van der Waals surface area (Å²) in [4.78, 5) is 24.4. The molecule has 2 aliphatic rings. The van der Waals surface area contributed by atoms with Crippen LogP contribution in [0.2, 0.25) is 0 Å². The molecule has 2 fully saturated rings. The van der Waals surface area contributed by atoms with E-state index in [-0.39, 0.29) is 23.4 Å². The Morgan fingerprint density at radius 2 is 1.71 bits per heavy atom. The number of sulfonamides is 1. The van der Waals surface area contributed by atoms with Crippen LogP contribution in [0.1, 0.15) is 37.7 Å². The molecule has 0 aliphatic heterocycles. The average Bonchev–Trinajstić information content (AvgIpc) is 2.48. The minimum absolute atomic E-state index is 0.104. The smallest absolute Gasteiger partial charge is 0.239 e. The van der Waals surface area contributed by atoms with Gasteiger partial charge >= 0.3 is 0 Å². The zero-order valence-corrected chi connectivity index (χ0v) is 14.0. The van der Waals surface area contributed by atoms with Crippen LogP contribution in [0.15, 0.2) is 24.3 Å². The van der Waals surface area contributed by atoms with Gasteiger partial charge in [-0.2, -0.15) is 0 Å². The van der Waals surface area contributed by atoms with Crippen molar-refractivity contribution in [2.75, 3.05) is 0 Å². The van der Waals surface area contributed by atoms with Gasteiger partial charge in [0.15, 0.2) is 0 Å². The molecule has 3 rings (SSSR count). The maximum Gasteiger partial charge on any atom is 0.239 e. The number of nitrogens with one attached hydrogen (secondary N) is 1. The molecule has 0 heterocycles. The second kappa shape index (κ2) is 6.63. The number of carbonyl (C=O) groups is 2. The summed E-state index contributed by atoms with van der Waals surface area (Å²) >= 11 is 0. The van der Waals surface area contributed by atoms with Crippen LogP contribution in [0.5, 0.6) is 0 Å². The molecular weight excluding hydrogens is 333 g/mol. The fraction of sp³-hybridized carbons (Fsp3) is 0.529. The number of hydrogen-bond donors (Lipinski definition) is 1. The lowest BCUT2D eigenvalue weighted by Gasteiger charge is -2.36. The zero-order chi connectivity index (χ0) is 17.3. The number of Topliss-reactive ketones (excluding diaryl/α,β-unsaturated/α-hetero) is 1. The molecule has 24 heavy (non-hydrogen) atoms. The van der Waals surface area contributed by atoms with E-state index in [1.54, 1.807) is 0 Å². The summed E-state index contributed by atoms with van der Waals surface area (Å²) < 4.78 is 39.3. The first-order valence-corrected chi connectivity index (χ1v) is 9.82. The van der Waals surface area contributed by atoms with Gasteiger partial charge in [0, 0.05) is 17.8 Å². The summed E-state index contributed by atoms with van der Waals surface area (Å²) in [6, 6.07) is 5.12. The van der Waals surface area contributed by atoms with Crippen LogP contribution in [0.3, 0.4) is 0 Å². The number of fused-ring (bicyclic) bond motifs is 2. The number of amides is 1. The molecule has 2 unspecified atom stereocenters. The van der Waals surface area contributed by atoms with Crippen LogP contribution in [0.25, 0.3) is 0 Å². The van der Waals surface area contributed by atoms with Gasteiger partial charge in [-0.05, 0) is 43.4 Å². The maximum absolute atomic E-state index is 12.9. The third-order valence-electron chi connectivity index (χ3n) is 4.94. The number of ketones is 1. The highest BCUT2D eigenvalue weighted by Gasteiger charge is 2.41. The highest BCUT2D eigenvalue weighted by atomic mass is 32.2. The minimum atomic E-state index is -3.84. The van der Waals surface area contributed by atoms with E-state index in [0.29, 0.717) is 18.4 Å². The molecule has 130 valence electrons. The third kappa shape index (κ3) is 3.83. The van der Waals surface area contributed by atoms with Crippen molar-refractivity contribution in [3.8, 4) is 0 Å². The van der Waals surface area contributed by atoms with Gasteiger partial charge in [-0.25, -0.2) is 12.8 Å². The Bertz CT molecular complexity index is 728. The number of hydrogen-bond acceptors (Lipinski definition) is 4. The Kier molecular flexibility index (Phi) is 4.71. The highest BCUT2D eigenvalue weighted by molar-refractivity contribution is 7.89. The SMILES string of the molecule is O=C(NS(=O)(=O)Cc1ccc(F)cc1)C1CC2CCCC(C1)C2=O. The molecular formula is C17H20FNO4S. The molecule has 2 saturated carbocycles. The molecule has 1 N–H and O–H groups in total. The van der Waals surface area contributed by atoms with Crippen molar-refractivity contribution in [3.63, 3.8) is 0 Å². The van der Waals surface area contributed by atoms with Crippen molar-refractivity contribution in [2.45, 2.75) is 37.9 Å². The van der Waals surface area contributed by atoms with Gasteiger partial charge in [0.05, 0.1) is 5.75 Å². The van der Waals surface area contributed by atoms with Crippen LogP contribution in [-0.4, -0.2) is 20.1 Å². The third-order valence-corrected chi connectivity index (χ3v) is 6.17. The van der Waals surface area contributed by atoms with Crippen molar-refractivity contribution in [2.24, 2.45) is 17.8 Å². The fourth-order valence-corrected chi connectivity index (χ4v) is 4.94. The summed E-state index contributed by atoms with van der Waals surface area (Å²) in [5.41, 5.74) is 0.410. The molecule has 0 saturated heterocycles. The molecule has 2 aliphatic carbocycles. The number of benzene rings is 1. The summed E-state index contributed by atoms with van der Waals surface area (Å²) in [6.45, 7) is 0. The van der Waals surface area contributed by atoms with Crippen LogP contribution in [0.4, 0.5) is 4.39 Å².